The quantitative estimate of drug-likeness (QED) is 0.758. The molecule has 7 heteroatoms. The summed E-state index contributed by atoms with van der Waals surface area (Å²) < 4.78 is 30.5. The summed E-state index contributed by atoms with van der Waals surface area (Å²) >= 11 is 0. The van der Waals surface area contributed by atoms with Gasteiger partial charge in [0.1, 0.15) is 11.0 Å². The summed E-state index contributed by atoms with van der Waals surface area (Å²) in [4.78, 5) is 2.28. The smallest absolute Gasteiger partial charge is 0.156 e. The Morgan fingerprint density at radius 2 is 1.90 bits per heavy atom. The van der Waals surface area contributed by atoms with Crippen LogP contribution < -0.4 is 20.3 Å². The molecule has 4 atom stereocenters. The number of hydrogen-bond acceptors (Lipinski definition) is 6. The number of rotatable bonds is 5. The Kier molecular flexibility index (Phi) is 5.68. The van der Waals surface area contributed by atoms with Crippen molar-refractivity contribution in [2.24, 2.45) is 0 Å². The number of ether oxygens (including phenoxy) is 1. The van der Waals surface area contributed by atoms with Crippen molar-refractivity contribution in [2.45, 2.75) is 43.1 Å². The average molecular weight is 430 g/mol. The van der Waals surface area contributed by atoms with Gasteiger partial charge in [0.2, 0.25) is 0 Å². The molecule has 4 rings (SSSR count). The normalized spacial score (nSPS) is 26.0. The van der Waals surface area contributed by atoms with Crippen LogP contribution in [-0.2, 0) is 9.84 Å². The number of anilines is 2. The summed E-state index contributed by atoms with van der Waals surface area (Å²) in [5.74, 6) is 0.707. The van der Waals surface area contributed by atoms with E-state index in [9.17, 15) is 8.42 Å². The molecular weight excluding hydrogens is 398 g/mol. The van der Waals surface area contributed by atoms with Crippen LogP contribution >= 0.6 is 0 Å². The fourth-order valence-corrected chi connectivity index (χ4v) is 6.51. The lowest BCUT2D eigenvalue weighted by atomic mass is 9.91. The van der Waals surface area contributed by atoms with Crippen LogP contribution in [0.2, 0.25) is 0 Å². The first-order valence-corrected chi connectivity index (χ1v) is 12.4. The van der Waals surface area contributed by atoms with Gasteiger partial charge < -0.3 is 20.3 Å². The van der Waals surface area contributed by atoms with Gasteiger partial charge in [0.25, 0.3) is 0 Å². The first-order valence-electron chi connectivity index (χ1n) is 10.5. The number of piperidine rings is 1. The van der Waals surface area contributed by atoms with Crippen molar-refractivity contribution in [2.75, 3.05) is 37.2 Å². The molecule has 6 nitrogen and oxygen atoms in total. The standard InChI is InChI=1S/C23H31N3O3S/c1-15-23(30(4,27)28)17-13-21(29-3)20(14-18(17)25-15)26(2)19-11-8-12-24-22(19)16-9-6-5-7-10-16/h5-7,9-10,13-15,19,22-25H,8,11-12H2,1-4H3/t15?,19-,22-,23?/m0/s1. The third kappa shape index (κ3) is 3.76. The minimum atomic E-state index is -3.23. The van der Waals surface area contributed by atoms with Gasteiger partial charge in [-0.3, -0.25) is 0 Å². The van der Waals surface area contributed by atoms with Crippen LogP contribution in [0.1, 0.15) is 42.2 Å². The molecule has 0 bridgehead atoms. The minimum absolute atomic E-state index is 0.173. The number of likely N-dealkylation sites (N-methyl/N-ethyl adjacent to an activating group) is 1. The van der Waals surface area contributed by atoms with Gasteiger partial charge in [-0.25, -0.2) is 8.42 Å². The van der Waals surface area contributed by atoms with Crippen LogP contribution in [0.25, 0.3) is 0 Å². The molecule has 2 aliphatic heterocycles. The molecule has 0 aliphatic carbocycles. The Hall–Kier alpha value is -2.25. The molecule has 0 radical (unpaired) electrons. The van der Waals surface area contributed by atoms with Crippen molar-refractivity contribution < 1.29 is 13.2 Å². The van der Waals surface area contributed by atoms with Gasteiger partial charge in [0, 0.05) is 31.1 Å². The van der Waals surface area contributed by atoms with Gasteiger partial charge in [0.05, 0.1) is 18.8 Å². The monoisotopic (exact) mass is 429 g/mol. The molecule has 30 heavy (non-hydrogen) atoms. The zero-order valence-electron chi connectivity index (χ0n) is 18.1. The van der Waals surface area contributed by atoms with Crippen LogP contribution in [0.3, 0.4) is 0 Å². The molecule has 0 spiro atoms. The van der Waals surface area contributed by atoms with E-state index in [4.69, 9.17) is 4.74 Å². The predicted octanol–water partition coefficient (Wildman–Crippen LogP) is 3.52. The zero-order valence-corrected chi connectivity index (χ0v) is 18.9. The summed E-state index contributed by atoms with van der Waals surface area (Å²) in [6, 6.07) is 14.8. The number of hydrogen-bond donors (Lipinski definition) is 2. The summed E-state index contributed by atoms with van der Waals surface area (Å²) in [6.45, 7) is 2.92. The molecule has 2 N–H and O–H groups in total. The molecule has 1 fully saturated rings. The SMILES string of the molecule is COc1cc2c(cc1N(C)[C@H]1CCCN[C@H]1c1ccccc1)NC(C)C2S(C)(=O)=O. The number of benzene rings is 2. The highest BCUT2D eigenvalue weighted by atomic mass is 32.2. The maximum absolute atomic E-state index is 12.4. The Morgan fingerprint density at radius 3 is 2.57 bits per heavy atom. The second-order valence-corrected chi connectivity index (χ2v) is 10.6. The highest BCUT2D eigenvalue weighted by Gasteiger charge is 2.38. The Morgan fingerprint density at radius 1 is 1.17 bits per heavy atom. The number of nitrogens with zero attached hydrogens (tertiary/aromatic N) is 1. The Bertz CT molecular complexity index is 1010. The first kappa shape index (κ1) is 21.0. The second-order valence-electron chi connectivity index (χ2n) is 8.46. The third-order valence-electron chi connectivity index (χ3n) is 6.42. The molecule has 0 aromatic heterocycles. The van der Waals surface area contributed by atoms with Gasteiger partial charge in [0.15, 0.2) is 9.84 Å². The van der Waals surface area contributed by atoms with Crippen molar-refractivity contribution in [3.05, 3.63) is 53.6 Å². The van der Waals surface area contributed by atoms with E-state index in [1.807, 2.05) is 25.1 Å². The maximum atomic E-state index is 12.4. The van der Waals surface area contributed by atoms with Crippen molar-refractivity contribution >= 4 is 21.2 Å². The van der Waals surface area contributed by atoms with Crippen molar-refractivity contribution in [3.8, 4) is 5.75 Å². The van der Waals surface area contributed by atoms with Crippen LogP contribution in [0.4, 0.5) is 11.4 Å². The van der Waals surface area contributed by atoms with E-state index in [0.717, 1.165) is 36.3 Å². The highest BCUT2D eigenvalue weighted by Crippen LogP contribution is 2.46. The van der Waals surface area contributed by atoms with E-state index >= 15 is 0 Å². The summed E-state index contributed by atoms with van der Waals surface area (Å²) in [7, 11) is 0.518. The third-order valence-corrected chi connectivity index (χ3v) is 8.00. The van der Waals surface area contributed by atoms with Gasteiger partial charge in [-0.1, -0.05) is 30.3 Å². The van der Waals surface area contributed by atoms with Gasteiger partial charge in [-0.2, -0.15) is 0 Å². The zero-order chi connectivity index (χ0) is 21.5. The second kappa shape index (κ2) is 8.12. The molecule has 2 unspecified atom stereocenters. The lowest BCUT2D eigenvalue weighted by molar-refractivity contribution is 0.344. The summed E-state index contributed by atoms with van der Waals surface area (Å²) in [5, 5.41) is 6.49. The number of sulfone groups is 1. The number of nitrogens with one attached hydrogen (secondary N) is 2. The van der Waals surface area contributed by atoms with Crippen molar-refractivity contribution in [3.63, 3.8) is 0 Å². The predicted molar refractivity (Wildman–Crippen MR) is 122 cm³/mol. The van der Waals surface area contributed by atoms with Crippen LogP contribution in [0, 0.1) is 0 Å². The van der Waals surface area contributed by atoms with E-state index in [0.29, 0.717) is 5.75 Å². The van der Waals surface area contributed by atoms with Crippen molar-refractivity contribution in [1.29, 1.82) is 0 Å². The van der Waals surface area contributed by atoms with E-state index in [1.165, 1.54) is 11.8 Å². The lowest BCUT2D eigenvalue weighted by Crippen LogP contribution is -2.47. The fourth-order valence-electron chi connectivity index (χ4n) is 5.04. The molecule has 162 valence electrons. The maximum Gasteiger partial charge on any atom is 0.156 e. The van der Waals surface area contributed by atoms with E-state index < -0.39 is 15.1 Å². The van der Waals surface area contributed by atoms with E-state index in [1.54, 1.807) is 7.11 Å². The van der Waals surface area contributed by atoms with Crippen LogP contribution in [-0.4, -0.2) is 47.5 Å². The van der Waals surface area contributed by atoms with Gasteiger partial charge in [-0.05, 0) is 49.6 Å². The number of methoxy groups -OCH3 is 1. The summed E-state index contributed by atoms with van der Waals surface area (Å²) in [6.07, 6.45) is 3.48. The summed E-state index contributed by atoms with van der Waals surface area (Å²) in [5.41, 5.74) is 3.92. The first-order chi connectivity index (χ1) is 14.3. The molecule has 2 aromatic carbocycles. The highest BCUT2D eigenvalue weighted by molar-refractivity contribution is 7.91. The van der Waals surface area contributed by atoms with E-state index in [2.05, 4.69) is 46.8 Å². The van der Waals surface area contributed by atoms with Gasteiger partial charge in [-0.15, -0.1) is 0 Å². The van der Waals surface area contributed by atoms with Crippen LogP contribution in [0.15, 0.2) is 42.5 Å². The molecule has 0 amide bonds. The Balaban J connectivity index is 1.72. The van der Waals surface area contributed by atoms with Crippen LogP contribution in [0.5, 0.6) is 5.75 Å². The minimum Gasteiger partial charge on any atom is -0.495 e. The van der Waals surface area contributed by atoms with Gasteiger partial charge >= 0.3 is 0 Å². The Labute approximate surface area is 179 Å². The largest absolute Gasteiger partial charge is 0.495 e. The molecule has 1 saturated heterocycles. The molecule has 0 saturated carbocycles. The van der Waals surface area contributed by atoms with Crippen molar-refractivity contribution in [1.82, 2.24) is 5.32 Å². The fraction of sp³-hybridized carbons (Fsp3) is 0.478. The lowest BCUT2D eigenvalue weighted by Gasteiger charge is -2.40. The average Bonchev–Trinajstić information content (AvgIpc) is 3.07. The topological polar surface area (TPSA) is 70.7 Å². The number of fused-ring (bicyclic) bond motifs is 1. The molecule has 2 aromatic rings. The molecule has 2 aliphatic rings. The molecular formula is C23H31N3O3S. The van der Waals surface area contributed by atoms with E-state index in [-0.39, 0.29) is 18.1 Å². The molecule has 2 heterocycles.